The standard InChI is InChI=1S/C24H25N5O6/c1-34-14-21(23(32)25-10-15-11-29(28-27-15)12-22(30)31)26-24(33)35-13-20-18-8-4-2-6-16(18)17-7-3-5-9-19(17)20/h2-9,11,20-21H,10,12-14H2,1H3,(H,25,32)(H,26,33)(H,30,31)/t21-/m0/s1. The number of carboxylic acid groups (broad SMARTS) is 1. The van der Waals surface area contributed by atoms with Gasteiger partial charge in [0.15, 0.2) is 0 Å². The van der Waals surface area contributed by atoms with Gasteiger partial charge in [-0.15, -0.1) is 5.10 Å². The number of hydrogen-bond donors (Lipinski definition) is 3. The van der Waals surface area contributed by atoms with Gasteiger partial charge in [-0.3, -0.25) is 9.59 Å². The van der Waals surface area contributed by atoms with E-state index in [0.29, 0.717) is 5.69 Å². The predicted octanol–water partition coefficient (Wildman–Crippen LogP) is 1.53. The first-order chi connectivity index (χ1) is 17.0. The first-order valence-corrected chi connectivity index (χ1v) is 10.9. The van der Waals surface area contributed by atoms with Crippen molar-refractivity contribution >= 4 is 18.0 Å². The minimum atomic E-state index is -1.06. The van der Waals surface area contributed by atoms with Gasteiger partial charge in [0.1, 0.15) is 24.9 Å². The van der Waals surface area contributed by atoms with E-state index in [4.69, 9.17) is 14.6 Å². The maximum atomic E-state index is 12.6. The van der Waals surface area contributed by atoms with Crippen LogP contribution in [0.4, 0.5) is 4.79 Å². The first-order valence-electron chi connectivity index (χ1n) is 10.9. The van der Waals surface area contributed by atoms with E-state index in [0.717, 1.165) is 26.9 Å². The van der Waals surface area contributed by atoms with Crippen LogP contribution in [0.5, 0.6) is 0 Å². The largest absolute Gasteiger partial charge is 0.480 e. The van der Waals surface area contributed by atoms with E-state index in [-0.39, 0.29) is 32.2 Å². The number of ether oxygens (including phenoxy) is 2. The third-order valence-electron chi connectivity index (χ3n) is 5.61. The van der Waals surface area contributed by atoms with Crippen molar-refractivity contribution in [3.8, 4) is 11.1 Å². The van der Waals surface area contributed by atoms with Gasteiger partial charge >= 0.3 is 12.1 Å². The number of carbonyl (C=O) groups is 3. The zero-order valence-corrected chi connectivity index (χ0v) is 19.0. The molecule has 3 aromatic rings. The molecule has 182 valence electrons. The maximum Gasteiger partial charge on any atom is 0.407 e. The van der Waals surface area contributed by atoms with Crippen LogP contribution in [0.1, 0.15) is 22.7 Å². The van der Waals surface area contributed by atoms with Crippen LogP contribution < -0.4 is 10.6 Å². The molecule has 0 fully saturated rings. The lowest BCUT2D eigenvalue weighted by molar-refractivity contribution is -0.138. The Balaban J connectivity index is 1.33. The zero-order valence-electron chi connectivity index (χ0n) is 19.0. The Morgan fingerprint density at radius 1 is 1.09 bits per heavy atom. The van der Waals surface area contributed by atoms with Gasteiger partial charge in [-0.1, -0.05) is 53.7 Å². The molecule has 1 heterocycles. The van der Waals surface area contributed by atoms with Crippen LogP contribution in [0.2, 0.25) is 0 Å². The molecule has 1 atom stereocenters. The monoisotopic (exact) mass is 479 g/mol. The number of carbonyl (C=O) groups excluding carboxylic acids is 2. The fourth-order valence-electron chi connectivity index (χ4n) is 4.07. The van der Waals surface area contributed by atoms with Crippen LogP contribution >= 0.6 is 0 Å². The molecule has 11 nitrogen and oxygen atoms in total. The molecule has 0 saturated heterocycles. The Morgan fingerprint density at radius 2 is 1.74 bits per heavy atom. The highest BCUT2D eigenvalue weighted by Crippen LogP contribution is 2.44. The number of amides is 2. The lowest BCUT2D eigenvalue weighted by Crippen LogP contribution is -2.49. The van der Waals surface area contributed by atoms with Crippen LogP contribution in [0, 0.1) is 0 Å². The molecule has 0 aliphatic heterocycles. The molecule has 0 unspecified atom stereocenters. The van der Waals surface area contributed by atoms with Gasteiger partial charge in [0, 0.05) is 13.0 Å². The highest BCUT2D eigenvalue weighted by molar-refractivity contribution is 5.86. The molecule has 0 spiro atoms. The van der Waals surface area contributed by atoms with E-state index in [1.807, 2.05) is 48.5 Å². The third kappa shape index (κ3) is 5.64. The topological polar surface area (TPSA) is 145 Å². The van der Waals surface area contributed by atoms with Crippen molar-refractivity contribution < 1.29 is 29.0 Å². The molecule has 3 N–H and O–H groups in total. The summed E-state index contributed by atoms with van der Waals surface area (Å²) in [5.41, 5.74) is 4.78. The van der Waals surface area contributed by atoms with Gasteiger partial charge in [0.05, 0.1) is 19.3 Å². The minimum absolute atomic E-state index is 0.00500. The molecule has 35 heavy (non-hydrogen) atoms. The SMILES string of the molecule is COC[C@H](NC(=O)OCC1c2ccccc2-c2ccccc21)C(=O)NCc1cn(CC(=O)O)nn1. The summed E-state index contributed by atoms with van der Waals surface area (Å²) in [6.45, 7) is -0.281. The van der Waals surface area contributed by atoms with Gasteiger partial charge in [-0.25, -0.2) is 9.48 Å². The van der Waals surface area contributed by atoms with Crippen molar-refractivity contribution in [3.05, 3.63) is 71.5 Å². The van der Waals surface area contributed by atoms with E-state index in [1.165, 1.54) is 13.3 Å². The fourth-order valence-corrected chi connectivity index (χ4v) is 4.07. The summed E-state index contributed by atoms with van der Waals surface area (Å²) >= 11 is 0. The Hall–Kier alpha value is -4.25. The summed E-state index contributed by atoms with van der Waals surface area (Å²) in [6.07, 6.45) is 0.676. The van der Waals surface area contributed by atoms with Crippen LogP contribution in [0.15, 0.2) is 54.7 Å². The number of aliphatic carboxylic acids is 1. The smallest absolute Gasteiger partial charge is 0.407 e. The second-order valence-electron chi connectivity index (χ2n) is 8.00. The summed E-state index contributed by atoms with van der Waals surface area (Å²) < 4.78 is 11.7. The maximum absolute atomic E-state index is 12.6. The van der Waals surface area contributed by atoms with E-state index in [9.17, 15) is 14.4 Å². The van der Waals surface area contributed by atoms with E-state index in [1.54, 1.807) is 0 Å². The molecule has 0 radical (unpaired) electrons. The highest BCUT2D eigenvalue weighted by Gasteiger charge is 2.29. The Bertz CT molecular complexity index is 1180. The van der Waals surface area contributed by atoms with Crippen LogP contribution in [0.25, 0.3) is 11.1 Å². The van der Waals surface area contributed by atoms with Crippen molar-refractivity contribution in [3.63, 3.8) is 0 Å². The van der Waals surface area contributed by atoms with E-state index >= 15 is 0 Å². The molecule has 4 rings (SSSR count). The van der Waals surface area contributed by atoms with Gasteiger partial charge in [-0.2, -0.15) is 0 Å². The summed E-state index contributed by atoms with van der Waals surface area (Å²) in [5, 5.41) is 21.4. The molecular formula is C24H25N5O6. The van der Waals surface area contributed by atoms with Crippen LogP contribution in [-0.4, -0.2) is 64.4 Å². The Morgan fingerprint density at radius 3 is 2.37 bits per heavy atom. The quantitative estimate of drug-likeness (QED) is 0.397. The number of alkyl carbamates (subject to hydrolysis) is 1. The number of benzene rings is 2. The van der Waals surface area contributed by atoms with Crippen molar-refractivity contribution in [2.45, 2.75) is 25.0 Å². The number of rotatable bonds is 10. The van der Waals surface area contributed by atoms with Crippen molar-refractivity contribution in [2.75, 3.05) is 20.3 Å². The van der Waals surface area contributed by atoms with E-state index in [2.05, 4.69) is 20.9 Å². The lowest BCUT2D eigenvalue weighted by atomic mass is 9.98. The zero-order chi connectivity index (χ0) is 24.8. The molecular weight excluding hydrogens is 454 g/mol. The number of hydrogen-bond acceptors (Lipinski definition) is 7. The number of aromatic nitrogens is 3. The Kier molecular flexibility index (Phi) is 7.36. The number of carboxylic acids is 1. The minimum Gasteiger partial charge on any atom is -0.480 e. The molecule has 0 bridgehead atoms. The molecule has 1 aliphatic carbocycles. The first kappa shape index (κ1) is 23.9. The fraction of sp³-hybridized carbons (Fsp3) is 0.292. The van der Waals surface area contributed by atoms with E-state index < -0.39 is 24.0 Å². The van der Waals surface area contributed by atoms with Gasteiger partial charge in [0.25, 0.3) is 0 Å². The summed E-state index contributed by atoms with van der Waals surface area (Å²) in [6, 6.07) is 15.0. The highest BCUT2D eigenvalue weighted by atomic mass is 16.5. The number of fused-ring (bicyclic) bond motifs is 3. The van der Waals surface area contributed by atoms with Gasteiger partial charge in [0.2, 0.25) is 5.91 Å². The van der Waals surface area contributed by atoms with Gasteiger partial charge in [-0.05, 0) is 22.3 Å². The van der Waals surface area contributed by atoms with Crippen LogP contribution in [0.3, 0.4) is 0 Å². The summed E-state index contributed by atoms with van der Waals surface area (Å²) in [4.78, 5) is 35.9. The molecule has 1 aromatic heterocycles. The number of methoxy groups -OCH3 is 1. The summed E-state index contributed by atoms with van der Waals surface area (Å²) in [5.74, 6) is -1.66. The normalized spacial score (nSPS) is 12.9. The number of nitrogens with zero attached hydrogens (tertiary/aromatic N) is 3. The second-order valence-corrected chi connectivity index (χ2v) is 8.00. The van der Waals surface area contributed by atoms with Crippen molar-refractivity contribution in [1.29, 1.82) is 0 Å². The summed E-state index contributed by atoms with van der Waals surface area (Å²) in [7, 11) is 1.41. The average Bonchev–Trinajstić information content (AvgIpc) is 3.42. The second kappa shape index (κ2) is 10.8. The number of nitrogens with one attached hydrogen (secondary N) is 2. The molecule has 2 aromatic carbocycles. The van der Waals surface area contributed by atoms with Crippen molar-refractivity contribution in [2.24, 2.45) is 0 Å². The Labute approximate surface area is 201 Å². The molecule has 2 amide bonds. The molecule has 0 saturated carbocycles. The molecule has 1 aliphatic rings. The molecule has 11 heteroatoms. The average molecular weight is 479 g/mol. The van der Waals surface area contributed by atoms with Crippen LogP contribution in [-0.2, 0) is 32.2 Å². The predicted molar refractivity (Wildman–Crippen MR) is 123 cm³/mol. The lowest BCUT2D eigenvalue weighted by Gasteiger charge is -2.19. The van der Waals surface area contributed by atoms with Gasteiger partial charge < -0.3 is 25.2 Å². The van der Waals surface area contributed by atoms with Crippen molar-refractivity contribution in [1.82, 2.24) is 25.6 Å². The third-order valence-corrected chi connectivity index (χ3v) is 5.61.